The SMILES string of the molecule is CC(CNCC(=O)NC1CCCC1)N1CCCC1. The Morgan fingerprint density at radius 1 is 1.22 bits per heavy atom. The second-order valence-electron chi connectivity index (χ2n) is 5.77. The molecule has 0 aromatic heterocycles. The maximum Gasteiger partial charge on any atom is 0.234 e. The van der Waals surface area contributed by atoms with E-state index in [0.717, 1.165) is 19.4 Å². The number of hydrogen-bond donors (Lipinski definition) is 2. The van der Waals surface area contributed by atoms with E-state index in [4.69, 9.17) is 0 Å². The Balaban J connectivity index is 1.55. The highest BCUT2D eigenvalue weighted by Crippen LogP contribution is 2.17. The van der Waals surface area contributed by atoms with Crippen LogP contribution in [0, 0.1) is 0 Å². The van der Waals surface area contributed by atoms with E-state index in [1.807, 2.05) is 0 Å². The van der Waals surface area contributed by atoms with Crippen molar-refractivity contribution in [1.82, 2.24) is 15.5 Å². The molecule has 1 aliphatic carbocycles. The van der Waals surface area contributed by atoms with Gasteiger partial charge in [-0.2, -0.15) is 0 Å². The number of rotatable bonds is 6. The molecule has 2 N–H and O–H groups in total. The van der Waals surface area contributed by atoms with Gasteiger partial charge >= 0.3 is 0 Å². The summed E-state index contributed by atoms with van der Waals surface area (Å²) >= 11 is 0. The third-order valence-electron chi connectivity index (χ3n) is 4.21. The molecule has 4 nitrogen and oxygen atoms in total. The number of nitrogens with one attached hydrogen (secondary N) is 2. The summed E-state index contributed by atoms with van der Waals surface area (Å²) in [7, 11) is 0. The molecule has 2 aliphatic rings. The predicted octanol–water partition coefficient (Wildman–Crippen LogP) is 1.12. The van der Waals surface area contributed by atoms with Crippen molar-refractivity contribution < 1.29 is 4.79 Å². The number of carbonyl (C=O) groups is 1. The summed E-state index contributed by atoms with van der Waals surface area (Å²) in [5.41, 5.74) is 0. The molecule has 1 unspecified atom stereocenters. The Labute approximate surface area is 110 Å². The van der Waals surface area contributed by atoms with E-state index in [2.05, 4.69) is 22.5 Å². The smallest absolute Gasteiger partial charge is 0.234 e. The molecule has 104 valence electrons. The lowest BCUT2D eigenvalue weighted by molar-refractivity contribution is -0.120. The van der Waals surface area contributed by atoms with Crippen LogP contribution in [0.2, 0.25) is 0 Å². The fourth-order valence-corrected chi connectivity index (χ4v) is 3.05. The van der Waals surface area contributed by atoms with Crippen LogP contribution in [0.5, 0.6) is 0 Å². The summed E-state index contributed by atoms with van der Waals surface area (Å²) in [5.74, 6) is 0.163. The number of hydrogen-bond acceptors (Lipinski definition) is 3. The van der Waals surface area contributed by atoms with Crippen LogP contribution in [0.1, 0.15) is 45.4 Å². The Morgan fingerprint density at radius 3 is 2.56 bits per heavy atom. The van der Waals surface area contributed by atoms with E-state index in [-0.39, 0.29) is 5.91 Å². The van der Waals surface area contributed by atoms with Crippen molar-refractivity contribution in [2.24, 2.45) is 0 Å². The summed E-state index contributed by atoms with van der Waals surface area (Å²) in [5, 5.41) is 6.39. The second-order valence-corrected chi connectivity index (χ2v) is 5.77. The van der Waals surface area contributed by atoms with E-state index >= 15 is 0 Å². The van der Waals surface area contributed by atoms with Crippen molar-refractivity contribution in [2.75, 3.05) is 26.2 Å². The summed E-state index contributed by atoms with van der Waals surface area (Å²) in [6.45, 7) is 6.06. The summed E-state index contributed by atoms with van der Waals surface area (Å²) in [4.78, 5) is 14.2. The minimum absolute atomic E-state index is 0.163. The lowest BCUT2D eigenvalue weighted by atomic mass is 10.2. The zero-order valence-electron chi connectivity index (χ0n) is 11.6. The molecule has 1 saturated heterocycles. The molecule has 1 atom stereocenters. The van der Waals surface area contributed by atoms with E-state index in [1.54, 1.807) is 0 Å². The first-order valence-electron chi connectivity index (χ1n) is 7.50. The summed E-state index contributed by atoms with van der Waals surface area (Å²) in [6.07, 6.45) is 7.51. The monoisotopic (exact) mass is 253 g/mol. The highest BCUT2D eigenvalue weighted by atomic mass is 16.1. The first-order valence-corrected chi connectivity index (χ1v) is 7.50. The maximum absolute atomic E-state index is 11.7. The molecule has 4 heteroatoms. The van der Waals surface area contributed by atoms with Crippen LogP contribution >= 0.6 is 0 Å². The average Bonchev–Trinajstić information content (AvgIpc) is 3.00. The Bertz CT molecular complexity index is 258. The molecule has 1 aliphatic heterocycles. The zero-order chi connectivity index (χ0) is 12.8. The van der Waals surface area contributed by atoms with Gasteiger partial charge in [0.15, 0.2) is 0 Å². The molecule has 0 bridgehead atoms. The minimum atomic E-state index is 0.163. The fourth-order valence-electron chi connectivity index (χ4n) is 3.05. The zero-order valence-corrected chi connectivity index (χ0v) is 11.6. The van der Waals surface area contributed by atoms with Gasteiger partial charge in [0.25, 0.3) is 0 Å². The largest absolute Gasteiger partial charge is 0.352 e. The number of nitrogens with zero attached hydrogens (tertiary/aromatic N) is 1. The number of likely N-dealkylation sites (tertiary alicyclic amines) is 1. The van der Waals surface area contributed by atoms with E-state index in [1.165, 1.54) is 38.8 Å². The van der Waals surface area contributed by atoms with Crippen LogP contribution < -0.4 is 10.6 Å². The van der Waals surface area contributed by atoms with Gasteiger partial charge in [0.05, 0.1) is 6.54 Å². The standard InChI is InChI=1S/C14H27N3O/c1-12(17-8-4-5-9-17)10-15-11-14(18)16-13-6-2-3-7-13/h12-13,15H,2-11H2,1H3,(H,16,18). The van der Waals surface area contributed by atoms with Crippen molar-refractivity contribution in [1.29, 1.82) is 0 Å². The normalized spacial score (nSPS) is 23.4. The van der Waals surface area contributed by atoms with Gasteiger partial charge in [-0.15, -0.1) is 0 Å². The molecule has 0 aromatic rings. The molecule has 1 saturated carbocycles. The molecule has 0 radical (unpaired) electrons. The molecule has 18 heavy (non-hydrogen) atoms. The predicted molar refractivity (Wildman–Crippen MR) is 73.5 cm³/mol. The minimum Gasteiger partial charge on any atom is -0.352 e. The maximum atomic E-state index is 11.7. The van der Waals surface area contributed by atoms with Crippen molar-refractivity contribution >= 4 is 5.91 Å². The van der Waals surface area contributed by atoms with E-state index in [0.29, 0.717) is 18.6 Å². The quantitative estimate of drug-likeness (QED) is 0.745. The van der Waals surface area contributed by atoms with Crippen LogP contribution in [0.25, 0.3) is 0 Å². The van der Waals surface area contributed by atoms with Crippen LogP contribution in [0.3, 0.4) is 0 Å². The van der Waals surface area contributed by atoms with Crippen molar-refractivity contribution in [3.8, 4) is 0 Å². The fraction of sp³-hybridized carbons (Fsp3) is 0.929. The van der Waals surface area contributed by atoms with Gasteiger partial charge in [-0.25, -0.2) is 0 Å². The number of carbonyl (C=O) groups excluding carboxylic acids is 1. The molecule has 1 amide bonds. The Kier molecular flexibility index (Phi) is 5.45. The molecule has 2 fully saturated rings. The third kappa shape index (κ3) is 4.25. The first-order chi connectivity index (χ1) is 8.75. The van der Waals surface area contributed by atoms with Gasteiger partial charge < -0.3 is 10.6 Å². The lowest BCUT2D eigenvalue weighted by Gasteiger charge is -2.24. The highest BCUT2D eigenvalue weighted by molar-refractivity contribution is 5.78. The molecule has 1 heterocycles. The average molecular weight is 253 g/mol. The van der Waals surface area contributed by atoms with Crippen molar-refractivity contribution in [3.05, 3.63) is 0 Å². The second kappa shape index (κ2) is 7.10. The van der Waals surface area contributed by atoms with Crippen molar-refractivity contribution in [3.63, 3.8) is 0 Å². The van der Waals surface area contributed by atoms with Crippen LogP contribution in [0.4, 0.5) is 0 Å². The topological polar surface area (TPSA) is 44.4 Å². The third-order valence-corrected chi connectivity index (χ3v) is 4.21. The molecular weight excluding hydrogens is 226 g/mol. The van der Waals surface area contributed by atoms with Crippen molar-refractivity contribution in [2.45, 2.75) is 57.5 Å². The van der Waals surface area contributed by atoms with Crippen LogP contribution in [-0.2, 0) is 4.79 Å². The molecular formula is C14H27N3O. The van der Waals surface area contributed by atoms with Gasteiger partial charge in [-0.05, 0) is 45.7 Å². The molecule has 0 aromatic carbocycles. The summed E-state index contributed by atoms with van der Waals surface area (Å²) in [6, 6.07) is 0.988. The van der Waals surface area contributed by atoms with Crippen LogP contribution in [0.15, 0.2) is 0 Å². The summed E-state index contributed by atoms with van der Waals surface area (Å²) < 4.78 is 0. The van der Waals surface area contributed by atoms with Gasteiger partial charge in [-0.3, -0.25) is 9.69 Å². The highest BCUT2D eigenvalue weighted by Gasteiger charge is 2.19. The first kappa shape index (κ1) is 13.8. The molecule has 2 rings (SSSR count). The molecule has 0 spiro atoms. The lowest BCUT2D eigenvalue weighted by Crippen LogP contribution is -2.44. The Morgan fingerprint density at radius 2 is 1.89 bits per heavy atom. The van der Waals surface area contributed by atoms with Gasteiger partial charge in [0.2, 0.25) is 5.91 Å². The van der Waals surface area contributed by atoms with E-state index < -0.39 is 0 Å². The number of amides is 1. The van der Waals surface area contributed by atoms with Gasteiger partial charge in [0, 0.05) is 18.6 Å². The van der Waals surface area contributed by atoms with Crippen LogP contribution in [-0.4, -0.2) is 49.1 Å². The van der Waals surface area contributed by atoms with E-state index in [9.17, 15) is 4.79 Å². The van der Waals surface area contributed by atoms with Gasteiger partial charge in [0.1, 0.15) is 0 Å². The van der Waals surface area contributed by atoms with Gasteiger partial charge in [-0.1, -0.05) is 12.8 Å². The Hall–Kier alpha value is -0.610.